The maximum atomic E-state index is 5.62. The number of fused-ring (bicyclic) bond motifs is 1. The first-order chi connectivity index (χ1) is 10.4. The summed E-state index contributed by atoms with van der Waals surface area (Å²) in [6.45, 7) is 1.20. The van der Waals surface area contributed by atoms with Gasteiger partial charge >= 0.3 is 0 Å². The molecule has 1 aliphatic rings. The maximum Gasteiger partial charge on any atom is 0.162 e. The summed E-state index contributed by atoms with van der Waals surface area (Å²) in [4.78, 5) is 7.79. The fourth-order valence-corrected chi connectivity index (χ4v) is 2.42. The summed E-state index contributed by atoms with van der Waals surface area (Å²) < 4.78 is 11.2. The minimum absolute atomic E-state index is 0.592. The van der Waals surface area contributed by atoms with Crippen molar-refractivity contribution in [2.24, 2.45) is 0 Å². The van der Waals surface area contributed by atoms with E-state index in [1.807, 2.05) is 54.7 Å². The summed E-state index contributed by atoms with van der Waals surface area (Å²) in [7, 11) is 0. The van der Waals surface area contributed by atoms with Crippen molar-refractivity contribution in [1.82, 2.24) is 9.97 Å². The number of imidazole rings is 1. The molecule has 21 heavy (non-hydrogen) atoms. The van der Waals surface area contributed by atoms with Gasteiger partial charge in [0.1, 0.15) is 19.0 Å². The molecule has 1 N–H and O–H groups in total. The lowest BCUT2D eigenvalue weighted by Gasteiger charge is -2.18. The Labute approximate surface area is 122 Å². The van der Waals surface area contributed by atoms with E-state index in [0.717, 1.165) is 34.1 Å². The van der Waals surface area contributed by atoms with Crippen LogP contribution in [-0.4, -0.2) is 23.2 Å². The second-order valence-electron chi connectivity index (χ2n) is 4.87. The van der Waals surface area contributed by atoms with Crippen molar-refractivity contribution < 1.29 is 9.47 Å². The van der Waals surface area contributed by atoms with Gasteiger partial charge in [-0.25, -0.2) is 4.98 Å². The number of hydrogen-bond acceptors (Lipinski definition) is 3. The molecule has 0 amide bonds. The van der Waals surface area contributed by atoms with E-state index in [9.17, 15) is 0 Å². The van der Waals surface area contributed by atoms with Gasteiger partial charge in [-0.3, -0.25) is 0 Å². The third-order valence-electron chi connectivity index (χ3n) is 3.48. The predicted molar refractivity (Wildman–Crippen MR) is 80.4 cm³/mol. The summed E-state index contributed by atoms with van der Waals surface area (Å²) in [6.07, 6.45) is 1.84. The number of H-pyrrole nitrogens is 1. The molecule has 1 aromatic heterocycles. The number of rotatable bonds is 2. The lowest BCUT2D eigenvalue weighted by molar-refractivity contribution is 0.171. The Morgan fingerprint density at radius 2 is 1.67 bits per heavy atom. The second kappa shape index (κ2) is 4.98. The summed E-state index contributed by atoms with van der Waals surface area (Å²) in [5, 5.41) is 0. The first kappa shape index (κ1) is 12.0. The number of ether oxygens (including phenoxy) is 2. The Kier molecular flexibility index (Phi) is 2.85. The summed E-state index contributed by atoms with van der Waals surface area (Å²) in [5.74, 6) is 2.45. The highest BCUT2D eigenvalue weighted by Crippen LogP contribution is 2.34. The van der Waals surface area contributed by atoms with Gasteiger partial charge < -0.3 is 14.5 Å². The van der Waals surface area contributed by atoms with Crippen molar-refractivity contribution in [2.75, 3.05) is 13.2 Å². The van der Waals surface area contributed by atoms with E-state index in [2.05, 4.69) is 9.97 Å². The zero-order chi connectivity index (χ0) is 14.1. The first-order valence-electron chi connectivity index (χ1n) is 6.90. The lowest BCUT2D eigenvalue weighted by Crippen LogP contribution is -2.15. The van der Waals surface area contributed by atoms with Gasteiger partial charge in [-0.15, -0.1) is 0 Å². The van der Waals surface area contributed by atoms with Crippen LogP contribution in [0.2, 0.25) is 0 Å². The molecule has 0 bridgehead atoms. The van der Waals surface area contributed by atoms with E-state index in [0.29, 0.717) is 13.2 Å². The second-order valence-corrected chi connectivity index (χ2v) is 4.87. The minimum atomic E-state index is 0.592. The molecule has 0 saturated carbocycles. The molecule has 4 rings (SSSR count). The number of aromatic amines is 1. The highest BCUT2D eigenvalue weighted by Gasteiger charge is 2.13. The first-order valence-corrected chi connectivity index (χ1v) is 6.90. The molecular formula is C17H14N2O2. The fraction of sp³-hybridized carbons (Fsp3) is 0.118. The normalized spacial score (nSPS) is 13.1. The van der Waals surface area contributed by atoms with Crippen LogP contribution in [0.5, 0.6) is 11.5 Å². The van der Waals surface area contributed by atoms with Crippen LogP contribution in [0.1, 0.15) is 0 Å². The van der Waals surface area contributed by atoms with E-state index in [-0.39, 0.29) is 0 Å². The van der Waals surface area contributed by atoms with Crippen molar-refractivity contribution >= 4 is 0 Å². The Morgan fingerprint density at radius 3 is 2.52 bits per heavy atom. The highest BCUT2D eigenvalue weighted by molar-refractivity contribution is 5.67. The predicted octanol–water partition coefficient (Wildman–Crippen LogP) is 3.51. The third kappa shape index (κ3) is 2.25. The van der Waals surface area contributed by atoms with Gasteiger partial charge in [0.05, 0.1) is 11.9 Å². The quantitative estimate of drug-likeness (QED) is 0.780. The Hall–Kier alpha value is -2.75. The smallest absolute Gasteiger partial charge is 0.162 e. The van der Waals surface area contributed by atoms with Crippen LogP contribution in [0.4, 0.5) is 0 Å². The molecule has 104 valence electrons. The molecule has 0 fully saturated rings. The number of nitrogens with one attached hydrogen (secondary N) is 1. The van der Waals surface area contributed by atoms with Crippen LogP contribution >= 0.6 is 0 Å². The Morgan fingerprint density at radius 1 is 0.857 bits per heavy atom. The molecule has 0 aliphatic carbocycles. The largest absolute Gasteiger partial charge is 0.486 e. The van der Waals surface area contributed by atoms with Crippen LogP contribution in [-0.2, 0) is 0 Å². The summed E-state index contributed by atoms with van der Waals surface area (Å²) >= 11 is 0. The van der Waals surface area contributed by atoms with Gasteiger partial charge in [0.2, 0.25) is 0 Å². The van der Waals surface area contributed by atoms with Crippen LogP contribution in [0, 0.1) is 0 Å². The van der Waals surface area contributed by atoms with Crippen LogP contribution in [0.3, 0.4) is 0 Å². The molecule has 4 nitrogen and oxygen atoms in total. The topological polar surface area (TPSA) is 47.1 Å². The van der Waals surface area contributed by atoms with E-state index >= 15 is 0 Å². The van der Waals surface area contributed by atoms with Crippen molar-refractivity contribution in [1.29, 1.82) is 0 Å². The number of nitrogens with zero attached hydrogens (tertiary/aromatic N) is 1. The highest BCUT2D eigenvalue weighted by atomic mass is 16.6. The third-order valence-corrected chi connectivity index (χ3v) is 3.48. The monoisotopic (exact) mass is 278 g/mol. The molecule has 2 heterocycles. The van der Waals surface area contributed by atoms with Crippen LogP contribution < -0.4 is 9.47 Å². The van der Waals surface area contributed by atoms with Gasteiger partial charge in [0.15, 0.2) is 11.5 Å². The maximum absolute atomic E-state index is 5.62. The number of benzene rings is 2. The molecule has 3 aromatic rings. The molecule has 2 aromatic carbocycles. The molecule has 1 aliphatic heterocycles. The van der Waals surface area contributed by atoms with E-state index in [4.69, 9.17) is 9.47 Å². The van der Waals surface area contributed by atoms with E-state index in [1.54, 1.807) is 0 Å². The van der Waals surface area contributed by atoms with Gasteiger partial charge in [-0.2, -0.15) is 0 Å². The Balaban J connectivity index is 1.70. The standard InChI is InChI=1S/C17H14N2O2/c1-2-4-12(5-3-1)17-18-11-14(19-17)13-6-7-15-16(10-13)21-9-8-20-15/h1-7,10-11H,8-9H2,(H,18,19). The zero-order valence-corrected chi connectivity index (χ0v) is 11.4. The van der Waals surface area contributed by atoms with Crippen molar-refractivity contribution in [2.45, 2.75) is 0 Å². The van der Waals surface area contributed by atoms with Crippen LogP contribution in [0.15, 0.2) is 54.7 Å². The van der Waals surface area contributed by atoms with Gasteiger partial charge in [-0.05, 0) is 18.2 Å². The molecule has 0 saturated heterocycles. The summed E-state index contributed by atoms with van der Waals surface area (Å²) in [5.41, 5.74) is 3.07. The average molecular weight is 278 g/mol. The minimum Gasteiger partial charge on any atom is -0.486 e. The van der Waals surface area contributed by atoms with Gasteiger partial charge in [0, 0.05) is 11.1 Å². The van der Waals surface area contributed by atoms with Crippen molar-refractivity contribution in [3.8, 4) is 34.1 Å². The molecule has 0 radical (unpaired) electrons. The van der Waals surface area contributed by atoms with Gasteiger partial charge in [0.25, 0.3) is 0 Å². The number of hydrogen-bond donors (Lipinski definition) is 1. The Bertz CT molecular complexity index is 765. The SMILES string of the molecule is c1ccc(-c2ncc(-c3ccc4c(c3)OCCO4)[nH]2)cc1. The van der Waals surface area contributed by atoms with Gasteiger partial charge in [-0.1, -0.05) is 30.3 Å². The van der Waals surface area contributed by atoms with Crippen molar-refractivity contribution in [3.63, 3.8) is 0 Å². The molecular weight excluding hydrogens is 264 g/mol. The number of aromatic nitrogens is 2. The molecule has 0 spiro atoms. The molecule has 0 unspecified atom stereocenters. The fourth-order valence-electron chi connectivity index (χ4n) is 2.42. The van der Waals surface area contributed by atoms with E-state index < -0.39 is 0 Å². The lowest BCUT2D eigenvalue weighted by atomic mass is 10.1. The van der Waals surface area contributed by atoms with Crippen molar-refractivity contribution in [3.05, 3.63) is 54.7 Å². The summed E-state index contributed by atoms with van der Waals surface area (Å²) in [6, 6.07) is 16.0. The average Bonchev–Trinajstić information content (AvgIpc) is 3.05. The molecule has 4 heteroatoms. The zero-order valence-electron chi connectivity index (χ0n) is 11.4. The van der Waals surface area contributed by atoms with E-state index in [1.165, 1.54) is 0 Å². The van der Waals surface area contributed by atoms with Crippen LogP contribution in [0.25, 0.3) is 22.6 Å². The molecule has 0 atom stereocenters.